The predicted octanol–water partition coefficient (Wildman–Crippen LogP) is 4.44. The van der Waals surface area contributed by atoms with E-state index in [9.17, 15) is 12.8 Å². The van der Waals surface area contributed by atoms with E-state index in [0.717, 1.165) is 29.8 Å². The number of fused-ring (bicyclic) bond motifs is 1. The second-order valence-corrected chi connectivity index (χ2v) is 8.64. The second kappa shape index (κ2) is 6.24. The van der Waals surface area contributed by atoms with Crippen molar-refractivity contribution in [1.82, 2.24) is 0 Å². The van der Waals surface area contributed by atoms with Crippen molar-refractivity contribution in [3.8, 4) is 0 Å². The Morgan fingerprint density at radius 2 is 2.00 bits per heavy atom. The summed E-state index contributed by atoms with van der Waals surface area (Å²) in [6, 6.07) is 3.75. The van der Waals surface area contributed by atoms with E-state index in [2.05, 4.69) is 11.6 Å². The molecule has 124 valence electrons. The monoisotopic (exact) mass is 353 g/mol. The fourth-order valence-corrected chi connectivity index (χ4v) is 6.11. The largest absolute Gasteiger partial charge is 0.270 e. The molecule has 0 unspecified atom stereocenters. The lowest BCUT2D eigenvalue weighted by Gasteiger charge is -2.12. The number of halogens is 1. The summed E-state index contributed by atoms with van der Waals surface area (Å²) in [5, 5.41) is 0.725. The fraction of sp³-hybridized carbons (Fsp3) is 0.412. The van der Waals surface area contributed by atoms with Gasteiger partial charge in [-0.15, -0.1) is 11.3 Å². The maximum absolute atomic E-state index is 13.2. The van der Waals surface area contributed by atoms with Gasteiger partial charge in [0.25, 0.3) is 10.0 Å². The van der Waals surface area contributed by atoms with Gasteiger partial charge in [-0.05, 0) is 73.9 Å². The van der Waals surface area contributed by atoms with E-state index < -0.39 is 15.8 Å². The van der Waals surface area contributed by atoms with Crippen molar-refractivity contribution in [3.05, 3.63) is 45.6 Å². The van der Waals surface area contributed by atoms with Crippen LogP contribution in [-0.2, 0) is 29.3 Å². The first kappa shape index (κ1) is 16.5. The molecule has 0 saturated carbocycles. The zero-order valence-corrected chi connectivity index (χ0v) is 14.9. The highest BCUT2D eigenvalue weighted by Crippen LogP contribution is 2.39. The number of rotatable bonds is 4. The highest BCUT2D eigenvalue weighted by atomic mass is 32.2. The molecule has 3 nitrogen and oxygen atoms in total. The van der Waals surface area contributed by atoms with Crippen LogP contribution in [-0.4, -0.2) is 8.42 Å². The zero-order chi connectivity index (χ0) is 16.6. The van der Waals surface area contributed by atoms with Crippen molar-refractivity contribution < 1.29 is 12.8 Å². The second-order valence-electron chi connectivity index (χ2n) is 5.89. The normalized spacial score (nSPS) is 14.6. The molecule has 3 rings (SSSR count). The number of aryl methyl sites for hydroxylation is 2. The molecule has 1 N–H and O–H groups in total. The number of thiophene rings is 1. The summed E-state index contributed by atoms with van der Waals surface area (Å²) in [6.45, 7) is 3.66. The highest BCUT2D eigenvalue weighted by Gasteiger charge is 2.24. The molecule has 0 aliphatic heterocycles. The minimum atomic E-state index is -3.70. The molecule has 2 aromatic rings. The van der Waals surface area contributed by atoms with Gasteiger partial charge >= 0.3 is 0 Å². The molecular formula is C17H20FNO2S2. The lowest BCUT2D eigenvalue weighted by atomic mass is 9.95. The molecule has 1 aromatic heterocycles. The van der Waals surface area contributed by atoms with Crippen LogP contribution in [0.15, 0.2) is 23.1 Å². The Bertz CT molecular complexity index is 841. The molecule has 0 saturated heterocycles. The van der Waals surface area contributed by atoms with Crippen molar-refractivity contribution >= 4 is 26.4 Å². The number of nitrogens with one attached hydrogen (secondary N) is 1. The lowest BCUT2D eigenvalue weighted by molar-refractivity contribution is 0.598. The van der Waals surface area contributed by atoms with Crippen LogP contribution in [0.4, 0.5) is 9.39 Å². The van der Waals surface area contributed by atoms with Gasteiger partial charge in [0.1, 0.15) is 10.8 Å². The molecule has 6 heteroatoms. The van der Waals surface area contributed by atoms with Crippen LogP contribution >= 0.6 is 11.3 Å². The summed E-state index contributed by atoms with van der Waals surface area (Å²) >= 11 is 1.55. The average molecular weight is 353 g/mol. The minimum absolute atomic E-state index is 0.132. The molecule has 1 aromatic carbocycles. The Balaban J connectivity index is 1.99. The SMILES string of the molecule is CCc1c(NS(=O)(=O)c2ccc(F)cc2C)sc2c1CCCC2. The number of sulfonamides is 1. The summed E-state index contributed by atoms with van der Waals surface area (Å²) in [6.07, 6.45) is 5.21. The predicted molar refractivity (Wildman–Crippen MR) is 92.3 cm³/mol. The van der Waals surface area contributed by atoms with Crippen molar-refractivity contribution in [1.29, 1.82) is 0 Å². The van der Waals surface area contributed by atoms with Gasteiger partial charge < -0.3 is 0 Å². The minimum Gasteiger partial charge on any atom is -0.270 e. The first-order chi connectivity index (χ1) is 10.9. The van der Waals surface area contributed by atoms with Crippen LogP contribution in [0.5, 0.6) is 0 Å². The van der Waals surface area contributed by atoms with Crippen molar-refractivity contribution in [3.63, 3.8) is 0 Å². The Hall–Kier alpha value is -1.40. The third-order valence-corrected chi connectivity index (χ3v) is 7.18. The van der Waals surface area contributed by atoms with E-state index in [4.69, 9.17) is 0 Å². The number of hydrogen-bond donors (Lipinski definition) is 1. The number of benzene rings is 1. The van der Waals surface area contributed by atoms with E-state index in [1.807, 2.05) is 0 Å². The molecule has 1 aliphatic carbocycles. The summed E-state index contributed by atoms with van der Waals surface area (Å²) in [7, 11) is -3.70. The Morgan fingerprint density at radius 3 is 2.70 bits per heavy atom. The van der Waals surface area contributed by atoms with E-state index in [1.165, 1.54) is 41.5 Å². The molecule has 0 amide bonds. The van der Waals surface area contributed by atoms with Gasteiger partial charge in [-0.1, -0.05) is 6.92 Å². The molecule has 23 heavy (non-hydrogen) atoms. The number of anilines is 1. The van der Waals surface area contributed by atoms with Crippen LogP contribution in [0.1, 0.15) is 41.3 Å². The maximum Gasteiger partial charge on any atom is 0.262 e. The van der Waals surface area contributed by atoms with Gasteiger partial charge in [0.05, 0.1) is 4.90 Å². The van der Waals surface area contributed by atoms with Gasteiger partial charge in [0.15, 0.2) is 0 Å². The quantitative estimate of drug-likeness (QED) is 0.883. The Morgan fingerprint density at radius 1 is 1.26 bits per heavy atom. The van der Waals surface area contributed by atoms with Crippen LogP contribution in [0.3, 0.4) is 0 Å². The summed E-state index contributed by atoms with van der Waals surface area (Å²) in [5.41, 5.74) is 2.86. The first-order valence-electron chi connectivity index (χ1n) is 7.84. The fourth-order valence-electron chi connectivity index (χ4n) is 3.18. The molecule has 0 atom stereocenters. The van der Waals surface area contributed by atoms with E-state index in [-0.39, 0.29) is 4.90 Å². The van der Waals surface area contributed by atoms with Crippen molar-refractivity contribution in [2.45, 2.75) is 50.8 Å². The summed E-state index contributed by atoms with van der Waals surface area (Å²) in [5.74, 6) is -0.428. The van der Waals surface area contributed by atoms with Crippen molar-refractivity contribution in [2.75, 3.05) is 4.72 Å². The van der Waals surface area contributed by atoms with Gasteiger partial charge in [-0.2, -0.15) is 0 Å². The molecule has 0 bridgehead atoms. The average Bonchev–Trinajstić information content (AvgIpc) is 2.82. The van der Waals surface area contributed by atoms with E-state index in [0.29, 0.717) is 5.56 Å². The van der Waals surface area contributed by atoms with Gasteiger partial charge in [-0.25, -0.2) is 12.8 Å². The van der Waals surface area contributed by atoms with Crippen LogP contribution < -0.4 is 4.72 Å². The standard InChI is InChI=1S/C17H20FNO2S2/c1-3-13-14-6-4-5-7-15(14)22-17(13)19-23(20,21)16-9-8-12(18)10-11(16)2/h8-10,19H,3-7H2,1-2H3. The zero-order valence-electron chi connectivity index (χ0n) is 13.3. The van der Waals surface area contributed by atoms with Crippen molar-refractivity contribution in [2.24, 2.45) is 0 Å². The van der Waals surface area contributed by atoms with Gasteiger partial charge in [-0.3, -0.25) is 4.72 Å². The molecule has 1 aliphatic rings. The molecule has 0 spiro atoms. The smallest absolute Gasteiger partial charge is 0.262 e. The number of hydrogen-bond acceptors (Lipinski definition) is 3. The molecule has 1 heterocycles. The van der Waals surface area contributed by atoms with E-state index >= 15 is 0 Å². The summed E-state index contributed by atoms with van der Waals surface area (Å²) in [4.78, 5) is 1.44. The third kappa shape index (κ3) is 3.15. The first-order valence-corrected chi connectivity index (χ1v) is 10.1. The van der Waals surface area contributed by atoms with Gasteiger partial charge in [0, 0.05) is 4.88 Å². The Labute approximate surface area is 140 Å². The van der Waals surface area contributed by atoms with E-state index in [1.54, 1.807) is 18.3 Å². The topological polar surface area (TPSA) is 46.2 Å². The molecule has 0 radical (unpaired) electrons. The third-order valence-electron chi connectivity index (χ3n) is 4.29. The summed E-state index contributed by atoms with van der Waals surface area (Å²) < 4.78 is 41.3. The van der Waals surface area contributed by atoms with Crippen LogP contribution in [0, 0.1) is 12.7 Å². The van der Waals surface area contributed by atoms with Gasteiger partial charge in [0.2, 0.25) is 0 Å². The molecular weight excluding hydrogens is 333 g/mol. The lowest BCUT2D eigenvalue weighted by Crippen LogP contribution is -2.14. The molecule has 0 fully saturated rings. The Kier molecular flexibility index (Phi) is 4.47. The van der Waals surface area contributed by atoms with Crippen LogP contribution in [0.25, 0.3) is 0 Å². The van der Waals surface area contributed by atoms with Crippen LogP contribution in [0.2, 0.25) is 0 Å². The maximum atomic E-state index is 13.2. The highest BCUT2D eigenvalue weighted by molar-refractivity contribution is 7.93.